The molecule has 1 aromatic carbocycles. The van der Waals surface area contributed by atoms with Gasteiger partial charge in [-0.05, 0) is 68.6 Å². The van der Waals surface area contributed by atoms with E-state index in [1.165, 1.54) is 24.1 Å². The van der Waals surface area contributed by atoms with Gasteiger partial charge in [0.05, 0.1) is 19.0 Å². The minimum absolute atomic E-state index is 0.456. The largest absolute Gasteiger partial charge is 0.497 e. The number of methoxy groups -OCH3 is 1. The Bertz CT molecular complexity index is 1330. The van der Waals surface area contributed by atoms with E-state index in [0.29, 0.717) is 5.92 Å². The summed E-state index contributed by atoms with van der Waals surface area (Å²) in [6.45, 7) is 5.48. The molecule has 3 aromatic rings. The van der Waals surface area contributed by atoms with Crippen molar-refractivity contribution in [2.45, 2.75) is 50.5 Å². The minimum atomic E-state index is -5.08. The number of hydrogen-bond donors (Lipinski definition) is 2. The van der Waals surface area contributed by atoms with E-state index < -0.39 is 24.3 Å². The number of rotatable bonds is 5. The number of likely N-dealkylation sites (tertiary alicyclic amines) is 1. The van der Waals surface area contributed by atoms with E-state index in [1.807, 2.05) is 16.6 Å². The van der Waals surface area contributed by atoms with Crippen LogP contribution in [0.4, 0.5) is 32.0 Å². The van der Waals surface area contributed by atoms with Crippen LogP contribution < -0.4 is 9.64 Å². The van der Waals surface area contributed by atoms with Crippen LogP contribution in [0, 0.1) is 0 Å². The van der Waals surface area contributed by atoms with Crippen LogP contribution in [-0.4, -0.2) is 87.3 Å². The van der Waals surface area contributed by atoms with Gasteiger partial charge in [-0.2, -0.15) is 31.4 Å². The topological polar surface area (TPSA) is 121 Å². The summed E-state index contributed by atoms with van der Waals surface area (Å²) >= 11 is 0. The number of anilines is 1. The first-order valence-corrected chi connectivity index (χ1v) is 13.2. The fraction of sp³-hybridized carbons (Fsp3) is 0.481. The van der Waals surface area contributed by atoms with Gasteiger partial charge in [-0.1, -0.05) is 12.1 Å². The van der Waals surface area contributed by atoms with E-state index in [2.05, 4.69) is 40.3 Å². The Labute approximate surface area is 242 Å². The Balaban J connectivity index is 0.000000303. The molecular weight excluding hydrogens is 588 g/mol. The molecule has 0 saturated carbocycles. The second kappa shape index (κ2) is 14.4. The molecule has 2 aliphatic rings. The number of alkyl halides is 6. The standard InChI is InChI=1S/C23H29N5O.2C2HF3O2/c1-29-21-7-4-18(5-8-21)16-26-14-10-19(11-15-26)23-24-22-9-6-20(17-28(22)25-23)27-12-2-3-13-27;2*3-2(4,5)1(6)7/h4-9,17,19H,2-3,10-16H2,1H3;2*(H,6,7). The van der Waals surface area contributed by atoms with Crippen molar-refractivity contribution in [3.05, 3.63) is 54.0 Å². The van der Waals surface area contributed by atoms with E-state index in [-0.39, 0.29) is 0 Å². The van der Waals surface area contributed by atoms with Gasteiger partial charge in [0.1, 0.15) is 5.75 Å². The zero-order valence-electron chi connectivity index (χ0n) is 23.1. The molecule has 0 bridgehead atoms. The molecule has 0 amide bonds. The fourth-order valence-electron chi connectivity index (χ4n) is 4.56. The number of carboxylic acids is 2. The Morgan fingerprint density at radius 2 is 1.42 bits per heavy atom. The van der Waals surface area contributed by atoms with Crippen molar-refractivity contribution in [2.75, 3.05) is 38.2 Å². The predicted octanol–water partition coefficient (Wildman–Crippen LogP) is 4.98. The lowest BCUT2D eigenvalue weighted by atomic mass is 9.96. The van der Waals surface area contributed by atoms with Gasteiger partial charge >= 0.3 is 24.3 Å². The van der Waals surface area contributed by atoms with Crippen LogP contribution in [0.2, 0.25) is 0 Å². The zero-order chi connectivity index (χ0) is 31.8. The van der Waals surface area contributed by atoms with Crippen LogP contribution in [0.25, 0.3) is 5.65 Å². The number of nitrogens with zero attached hydrogens (tertiary/aromatic N) is 5. The number of aliphatic carboxylic acids is 2. The normalized spacial score (nSPS) is 16.2. The molecule has 2 N–H and O–H groups in total. The van der Waals surface area contributed by atoms with E-state index >= 15 is 0 Å². The predicted molar refractivity (Wildman–Crippen MR) is 142 cm³/mol. The van der Waals surface area contributed by atoms with E-state index in [1.54, 1.807) is 7.11 Å². The first-order valence-electron chi connectivity index (χ1n) is 13.2. The van der Waals surface area contributed by atoms with Gasteiger partial charge in [-0.3, -0.25) is 4.90 Å². The monoisotopic (exact) mass is 619 g/mol. The summed E-state index contributed by atoms with van der Waals surface area (Å²) in [5.41, 5.74) is 3.56. The Hall–Kier alpha value is -4.08. The Morgan fingerprint density at radius 1 is 0.884 bits per heavy atom. The summed E-state index contributed by atoms with van der Waals surface area (Å²) in [5, 5.41) is 19.1. The molecule has 236 valence electrons. The maximum absolute atomic E-state index is 10.6. The number of benzene rings is 1. The van der Waals surface area contributed by atoms with E-state index in [0.717, 1.165) is 62.8 Å². The molecule has 0 radical (unpaired) electrons. The van der Waals surface area contributed by atoms with Gasteiger partial charge in [-0.25, -0.2) is 19.1 Å². The number of halogens is 6. The van der Waals surface area contributed by atoms with Crippen molar-refractivity contribution in [1.29, 1.82) is 0 Å². The molecule has 43 heavy (non-hydrogen) atoms. The van der Waals surface area contributed by atoms with E-state index in [4.69, 9.17) is 34.6 Å². The van der Waals surface area contributed by atoms with Crippen molar-refractivity contribution in [1.82, 2.24) is 19.5 Å². The van der Waals surface area contributed by atoms with Crippen molar-refractivity contribution in [3.63, 3.8) is 0 Å². The smallest absolute Gasteiger partial charge is 0.490 e. The van der Waals surface area contributed by atoms with Gasteiger partial charge < -0.3 is 19.8 Å². The zero-order valence-corrected chi connectivity index (χ0v) is 23.1. The molecule has 16 heteroatoms. The molecule has 5 rings (SSSR count). The van der Waals surface area contributed by atoms with Crippen LogP contribution in [0.15, 0.2) is 42.6 Å². The number of pyridine rings is 1. The second-order valence-corrected chi connectivity index (χ2v) is 9.86. The van der Waals surface area contributed by atoms with Gasteiger partial charge in [-0.15, -0.1) is 0 Å². The van der Waals surface area contributed by atoms with Gasteiger partial charge in [0, 0.05) is 25.6 Å². The van der Waals surface area contributed by atoms with E-state index in [9.17, 15) is 26.3 Å². The quantitative estimate of drug-likeness (QED) is 0.381. The molecule has 2 fully saturated rings. The number of carboxylic acid groups (broad SMARTS) is 2. The SMILES string of the molecule is COc1ccc(CN2CCC(c3nc4ccc(N5CCCC5)cn4n3)CC2)cc1.O=C(O)C(F)(F)F.O=C(O)C(F)(F)F. The highest BCUT2D eigenvalue weighted by Crippen LogP contribution is 2.28. The fourth-order valence-corrected chi connectivity index (χ4v) is 4.56. The van der Waals surface area contributed by atoms with Crippen LogP contribution in [0.3, 0.4) is 0 Å². The average Bonchev–Trinajstić information content (AvgIpc) is 3.64. The Morgan fingerprint density at radius 3 is 1.91 bits per heavy atom. The number of ether oxygens (including phenoxy) is 1. The molecule has 2 saturated heterocycles. The summed E-state index contributed by atoms with van der Waals surface area (Å²) < 4.78 is 70.7. The number of fused-ring (bicyclic) bond motifs is 1. The Kier molecular flexibility index (Phi) is 11.2. The van der Waals surface area contributed by atoms with Crippen molar-refractivity contribution < 1.29 is 50.9 Å². The van der Waals surface area contributed by atoms with Gasteiger partial charge in [0.15, 0.2) is 11.5 Å². The molecule has 0 spiro atoms. The van der Waals surface area contributed by atoms with Crippen molar-refractivity contribution >= 4 is 23.3 Å². The lowest BCUT2D eigenvalue weighted by Gasteiger charge is -2.30. The first kappa shape index (κ1) is 33.4. The molecule has 10 nitrogen and oxygen atoms in total. The molecular formula is C27H31F6N5O5. The third-order valence-electron chi connectivity index (χ3n) is 6.81. The average molecular weight is 620 g/mol. The van der Waals surface area contributed by atoms with Crippen LogP contribution in [-0.2, 0) is 16.1 Å². The van der Waals surface area contributed by atoms with Gasteiger partial charge in [0.2, 0.25) is 0 Å². The summed E-state index contributed by atoms with van der Waals surface area (Å²) in [6, 6.07) is 12.7. The molecule has 4 heterocycles. The highest BCUT2D eigenvalue weighted by Gasteiger charge is 2.38. The summed E-state index contributed by atoms with van der Waals surface area (Å²) in [7, 11) is 1.71. The lowest BCUT2D eigenvalue weighted by Crippen LogP contribution is -2.32. The van der Waals surface area contributed by atoms with Crippen LogP contribution in [0.5, 0.6) is 5.75 Å². The molecule has 0 unspecified atom stereocenters. The van der Waals surface area contributed by atoms with Gasteiger partial charge in [0.25, 0.3) is 0 Å². The third-order valence-corrected chi connectivity index (χ3v) is 6.81. The minimum Gasteiger partial charge on any atom is -0.497 e. The first-order chi connectivity index (χ1) is 20.2. The molecule has 0 atom stereocenters. The summed E-state index contributed by atoms with van der Waals surface area (Å²) in [4.78, 5) is 27.6. The molecule has 2 aliphatic heterocycles. The lowest BCUT2D eigenvalue weighted by molar-refractivity contribution is -0.193. The van der Waals surface area contributed by atoms with Crippen molar-refractivity contribution in [2.24, 2.45) is 0 Å². The number of hydrogen-bond acceptors (Lipinski definition) is 7. The van der Waals surface area contributed by atoms with Crippen LogP contribution >= 0.6 is 0 Å². The number of carbonyl (C=O) groups is 2. The summed E-state index contributed by atoms with van der Waals surface area (Å²) in [6.07, 6.45) is -3.21. The third kappa shape index (κ3) is 10.0. The highest BCUT2D eigenvalue weighted by molar-refractivity contribution is 5.73. The summed E-state index contributed by atoms with van der Waals surface area (Å²) in [5.74, 6) is -3.14. The number of piperidine rings is 1. The maximum atomic E-state index is 10.6. The van der Waals surface area contributed by atoms with Crippen molar-refractivity contribution in [3.8, 4) is 5.75 Å². The second-order valence-electron chi connectivity index (χ2n) is 9.86. The number of aromatic nitrogens is 3. The highest BCUT2D eigenvalue weighted by atomic mass is 19.4. The molecule has 2 aromatic heterocycles. The van der Waals surface area contributed by atoms with Crippen LogP contribution in [0.1, 0.15) is 43.0 Å². The molecule has 0 aliphatic carbocycles. The maximum Gasteiger partial charge on any atom is 0.490 e.